The molecule has 0 amide bonds. The summed E-state index contributed by atoms with van der Waals surface area (Å²) in [7, 11) is 0. The minimum atomic E-state index is 0. The molecule has 0 bridgehead atoms. The molecule has 2 rings (SSSR count). The van der Waals surface area contributed by atoms with Gasteiger partial charge in [-0.05, 0) is 30.3 Å². The molecule has 0 aliphatic carbocycles. The fourth-order valence-electron chi connectivity index (χ4n) is 1.36. The highest BCUT2D eigenvalue weighted by atomic mass is 35.5. The van der Waals surface area contributed by atoms with E-state index in [2.05, 4.69) is 10.3 Å². The average molecular weight is 259 g/mol. The Kier molecular flexibility index (Phi) is 6.30. The van der Waals surface area contributed by atoms with Crippen LogP contribution in [0.1, 0.15) is 0 Å². The van der Waals surface area contributed by atoms with E-state index in [-0.39, 0.29) is 12.4 Å². The van der Waals surface area contributed by atoms with Crippen LogP contribution < -0.4 is 5.32 Å². The number of allylic oxidation sites excluding steroid dienone is 1. The van der Waals surface area contributed by atoms with Crippen LogP contribution in [0.5, 0.6) is 0 Å². The molecule has 2 aromatic rings. The Hall–Kier alpha value is -2.06. The summed E-state index contributed by atoms with van der Waals surface area (Å²) in [6, 6.07) is 19.9. The number of para-hydroxylation sites is 2. The Morgan fingerprint density at radius 1 is 0.833 bits per heavy atom. The molecule has 1 N–H and O–H groups in total. The Morgan fingerprint density at radius 3 is 2.11 bits per heavy atom. The summed E-state index contributed by atoms with van der Waals surface area (Å²) < 4.78 is 0. The lowest BCUT2D eigenvalue weighted by Gasteiger charge is -1.97. The fourth-order valence-corrected chi connectivity index (χ4v) is 1.36. The maximum Gasteiger partial charge on any atom is 0.0629 e. The van der Waals surface area contributed by atoms with Gasteiger partial charge in [0.1, 0.15) is 0 Å². The van der Waals surface area contributed by atoms with Crippen molar-refractivity contribution in [1.29, 1.82) is 0 Å². The Labute approximate surface area is 113 Å². The third kappa shape index (κ3) is 4.85. The number of nitrogens with zero attached hydrogens (tertiary/aromatic N) is 1. The molecule has 0 atom stereocenters. The Morgan fingerprint density at radius 2 is 1.44 bits per heavy atom. The van der Waals surface area contributed by atoms with Crippen LogP contribution in [-0.2, 0) is 0 Å². The second kappa shape index (κ2) is 8.09. The van der Waals surface area contributed by atoms with Gasteiger partial charge in [0.15, 0.2) is 0 Å². The number of nitrogens with one attached hydrogen (secondary N) is 1. The number of anilines is 1. The fraction of sp³-hybridized carbons (Fsp3) is 0. The zero-order chi connectivity index (χ0) is 11.8. The normalized spacial score (nSPS) is 10.4. The van der Waals surface area contributed by atoms with Gasteiger partial charge >= 0.3 is 0 Å². The van der Waals surface area contributed by atoms with Gasteiger partial charge in [-0.1, -0.05) is 36.4 Å². The highest BCUT2D eigenvalue weighted by molar-refractivity contribution is 5.85. The molecular weight excluding hydrogens is 244 g/mol. The van der Waals surface area contributed by atoms with Gasteiger partial charge in [-0.15, -0.1) is 12.4 Å². The molecule has 0 spiro atoms. The third-order valence-corrected chi connectivity index (χ3v) is 2.19. The van der Waals surface area contributed by atoms with E-state index < -0.39 is 0 Å². The lowest BCUT2D eigenvalue weighted by atomic mass is 10.3. The first-order valence-electron chi connectivity index (χ1n) is 5.51. The summed E-state index contributed by atoms with van der Waals surface area (Å²) in [4.78, 5) is 4.29. The molecule has 0 aliphatic rings. The van der Waals surface area contributed by atoms with Crippen LogP contribution in [0.4, 0.5) is 11.4 Å². The topological polar surface area (TPSA) is 24.4 Å². The summed E-state index contributed by atoms with van der Waals surface area (Å²) in [5, 5.41) is 3.16. The Bertz CT molecular complexity index is 492. The summed E-state index contributed by atoms with van der Waals surface area (Å²) >= 11 is 0. The van der Waals surface area contributed by atoms with Gasteiger partial charge in [-0.3, -0.25) is 4.99 Å². The van der Waals surface area contributed by atoms with E-state index in [0.717, 1.165) is 11.4 Å². The highest BCUT2D eigenvalue weighted by Gasteiger charge is 1.83. The van der Waals surface area contributed by atoms with E-state index in [0.29, 0.717) is 0 Å². The molecule has 0 saturated carbocycles. The van der Waals surface area contributed by atoms with Gasteiger partial charge in [-0.2, -0.15) is 0 Å². The first-order valence-corrected chi connectivity index (χ1v) is 5.51. The van der Waals surface area contributed by atoms with Crippen molar-refractivity contribution in [2.75, 3.05) is 5.32 Å². The predicted molar refractivity (Wildman–Crippen MR) is 81.0 cm³/mol. The van der Waals surface area contributed by atoms with Gasteiger partial charge < -0.3 is 5.32 Å². The zero-order valence-electron chi connectivity index (χ0n) is 9.86. The molecule has 2 aromatic carbocycles. The van der Waals surface area contributed by atoms with E-state index in [1.54, 1.807) is 6.21 Å². The van der Waals surface area contributed by atoms with Crippen molar-refractivity contribution < 1.29 is 0 Å². The number of aliphatic imine (C=N–C) groups is 1. The molecule has 0 aliphatic heterocycles. The van der Waals surface area contributed by atoms with E-state index in [4.69, 9.17) is 0 Å². The van der Waals surface area contributed by atoms with Crippen molar-refractivity contribution in [3.05, 3.63) is 72.9 Å². The molecular formula is C15H15ClN2. The lowest BCUT2D eigenvalue weighted by molar-refractivity contribution is 1.54. The van der Waals surface area contributed by atoms with Crippen LogP contribution in [-0.4, -0.2) is 6.21 Å². The van der Waals surface area contributed by atoms with Crippen molar-refractivity contribution in [2.24, 2.45) is 4.99 Å². The van der Waals surface area contributed by atoms with E-state index in [1.807, 2.05) is 72.9 Å². The van der Waals surface area contributed by atoms with Crippen molar-refractivity contribution in [2.45, 2.75) is 0 Å². The molecule has 18 heavy (non-hydrogen) atoms. The van der Waals surface area contributed by atoms with Crippen LogP contribution in [0.25, 0.3) is 0 Å². The number of benzene rings is 2. The molecule has 0 radical (unpaired) electrons. The quantitative estimate of drug-likeness (QED) is 0.806. The first kappa shape index (κ1) is 14.0. The van der Waals surface area contributed by atoms with Crippen molar-refractivity contribution in [1.82, 2.24) is 0 Å². The number of rotatable bonds is 4. The largest absolute Gasteiger partial charge is 0.362 e. The van der Waals surface area contributed by atoms with Crippen LogP contribution >= 0.6 is 12.4 Å². The summed E-state index contributed by atoms with van der Waals surface area (Å²) in [5.41, 5.74) is 2.02. The van der Waals surface area contributed by atoms with Crippen LogP contribution in [0.3, 0.4) is 0 Å². The van der Waals surface area contributed by atoms with Crippen LogP contribution in [0.15, 0.2) is 77.9 Å². The second-order valence-corrected chi connectivity index (χ2v) is 3.48. The van der Waals surface area contributed by atoms with Gasteiger partial charge in [-0.25, -0.2) is 0 Å². The maximum absolute atomic E-state index is 4.29. The summed E-state index contributed by atoms with van der Waals surface area (Å²) in [6.45, 7) is 0. The minimum Gasteiger partial charge on any atom is -0.362 e. The predicted octanol–water partition coefficient (Wildman–Crippen LogP) is 4.44. The molecule has 2 nitrogen and oxygen atoms in total. The van der Waals surface area contributed by atoms with Gasteiger partial charge in [0.05, 0.1) is 5.69 Å². The summed E-state index contributed by atoms with van der Waals surface area (Å²) in [6.07, 6.45) is 5.51. The summed E-state index contributed by atoms with van der Waals surface area (Å²) in [5.74, 6) is 0. The molecule has 0 unspecified atom stereocenters. The molecule has 0 aromatic heterocycles. The first-order chi connectivity index (χ1) is 8.45. The van der Waals surface area contributed by atoms with Gasteiger partial charge in [0, 0.05) is 18.1 Å². The molecule has 3 heteroatoms. The monoisotopic (exact) mass is 258 g/mol. The van der Waals surface area contributed by atoms with Gasteiger partial charge in [0.25, 0.3) is 0 Å². The number of halogens is 1. The third-order valence-electron chi connectivity index (χ3n) is 2.19. The SMILES string of the molecule is C(/C=C/Nc1ccccc1)=N/c1ccccc1.Cl. The zero-order valence-corrected chi connectivity index (χ0v) is 10.7. The number of hydrogen-bond acceptors (Lipinski definition) is 2. The average Bonchev–Trinajstić information content (AvgIpc) is 2.41. The minimum absolute atomic E-state index is 0. The molecule has 0 fully saturated rings. The lowest BCUT2D eigenvalue weighted by Crippen LogP contribution is -1.85. The van der Waals surface area contributed by atoms with E-state index in [1.165, 1.54) is 0 Å². The second-order valence-electron chi connectivity index (χ2n) is 3.48. The van der Waals surface area contributed by atoms with Crippen molar-refractivity contribution >= 4 is 30.0 Å². The van der Waals surface area contributed by atoms with Crippen molar-refractivity contribution in [3.8, 4) is 0 Å². The van der Waals surface area contributed by atoms with Crippen LogP contribution in [0.2, 0.25) is 0 Å². The van der Waals surface area contributed by atoms with Crippen molar-refractivity contribution in [3.63, 3.8) is 0 Å². The molecule has 0 heterocycles. The smallest absolute Gasteiger partial charge is 0.0629 e. The van der Waals surface area contributed by atoms with Gasteiger partial charge in [0.2, 0.25) is 0 Å². The Balaban J connectivity index is 0.00000162. The van der Waals surface area contributed by atoms with E-state index >= 15 is 0 Å². The molecule has 0 saturated heterocycles. The maximum atomic E-state index is 4.29. The molecule has 92 valence electrons. The van der Waals surface area contributed by atoms with Crippen LogP contribution in [0, 0.1) is 0 Å². The standard InChI is InChI=1S/C15H14N2.ClH/c1-3-8-14(9-4-1)16-12-7-13-17-15-10-5-2-6-11-15;/h1-13,16H;1H/b12-7+,17-13-;. The number of hydrogen-bond donors (Lipinski definition) is 1. The highest BCUT2D eigenvalue weighted by Crippen LogP contribution is 2.08. The van der Waals surface area contributed by atoms with E-state index in [9.17, 15) is 0 Å².